The number of sulfonamides is 1. The molecule has 5 nitrogen and oxygen atoms in total. The van der Waals surface area contributed by atoms with E-state index in [1.807, 2.05) is 11.0 Å². The maximum Gasteiger partial charge on any atom is 0.264 e. The Morgan fingerprint density at radius 3 is 2.54 bits per heavy atom. The molecule has 1 heterocycles. The molecule has 1 atom stereocenters. The number of rotatable bonds is 4. The number of likely N-dealkylation sites (tertiary alicyclic amines) is 1. The Morgan fingerprint density at radius 1 is 1.12 bits per heavy atom. The number of para-hydroxylation sites is 1. The molecule has 0 N–H and O–H groups in total. The van der Waals surface area contributed by atoms with Crippen LogP contribution >= 0.6 is 0 Å². The fourth-order valence-corrected chi connectivity index (χ4v) is 4.52. The number of carbonyl (C=O) groups is 1. The number of amides is 1. The van der Waals surface area contributed by atoms with Crippen LogP contribution in [0.25, 0.3) is 0 Å². The van der Waals surface area contributed by atoms with Crippen molar-refractivity contribution >= 4 is 21.6 Å². The van der Waals surface area contributed by atoms with E-state index in [0.29, 0.717) is 17.2 Å². The quantitative estimate of drug-likeness (QED) is 0.827. The second kappa shape index (κ2) is 7.50. The summed E-state index contributed by atoms with van der Waals surface area (Å²) in [5.41, 5.74) is 0.996. The third-order valence-electron chi connectivity index (χ3n) is 4.80. The Labute approximate surface area is 155 Å². The molecule has 2 aromatic rings. The van der Waals surface area contributed by atoms with Crippen LogP contribution in [0.3, 0.4) is 0 Å². The smallest absolute Gasteiger partial charge is 0.264 e. The molecule has 0 aliphatic carbocycles. The predicted molar refractivity (Wildman–Crippen MR) is 103 cm³/mol. The van der Waals surface area contributed by atoms with Crippen molar-refractivity contribution in [3.63, 3.8) is 0 Å². The number of hydrogen-bond donors (Lipinski definition) is 0. The summed E-state index contributed by atoms with van der Waals surface area (Å²) in [6.07, 6.45) is 2.11. The van der Waals surface area contributed by atoms with Gasteiger partial charge in [-0.05, 0) is 49.1 Å². The van der Waals surface area contributed by atoms with Gasteiger partial charge >= 0.3 is 0 Å². The highest BCUT2D eigenvalue weighted by molar-refractivity contribution is 7.92. The van der Waals surface area contributed by atoms with Crippen LogP contribution in [0.2, 0.25) is 0 Å². The van der Waals surface area contributed by atoms with Gasteiger partial charge in [0.2, 0.25) is 0 Å². The summed E-state index contributed by atoms with van der Waals surface area (Å²) >= 11 is 0. The van der Waals surface area contributed by atoms with E-state index < -0.39 is 10.0 Å². The van der Waals surface area contributed by atoms with E-state index in [4.69, 9.17) is 0 Å². The van der Waals surface area contributed by atoms with E-state index in [1.165, 1.54) is 23.5 Å². The summed E-state index contributed by atoms with van der Waals surface area (Å²) in [6, 6.07) is 15.2. The topological polar surface area (TPSA) is 57.7 Å². The third kappa shape index (κ3) is 3.75. The van der Waals surface area contributed by atoms with E-state index >= 15 is 0 Å². The molecule has 2 aromatic carbocycles. The molecule has 1 fully saturated rings. The van der Waals surface area contributed by atoms with Crippen LogP contribution in [0, 0.1) is 5.92 Å². The molecule has 0 saturated carbocycles. The number of carbonyl (C=O) groups excluding carboxylic acids is 1. The average molecular weight is 372 g/mol. The van der Waals surface area contributed by atoms with Crippen molar-refractivity contribution in [2.24, 2.45) is 5.92 Å². The van der Waals surface area contributed by atoms with E-state index in [-0.39, 0.29) is 10.8 Å². The van der Waals surface area contributed by atoms with Gasteiger partial charge in [0.15, 0.2) is 0 Å². The van der Waals surface area contributed by atoms with Gasteiger partial charge < -0.3 is 4.90 Å². The lowest BCUT2D eigenvalue weighted by Crippen LogP contribution is -2.39. The molecular weight excluding hydrogens is 348 g/mol. The van der Waals surface area contributed by atoms with Crippen LogP contribution < -0.4 is 4.31 Å². The SMILES string of the molecule is CC1CCCN(C(=O)c2cccc(S(=O)(=O)N(C)c3ccccc3)c2)C1. The highest BCUT2D eigenvalue weighted by atomic mass is 32.2. The van der Waals surface area contributed by atoms with Crippen molar-refractivity contribution in [1.29, 1.82) is 0 Å². The highest BCUT2D eigenvalue weighted by Crippen LogP contribution is 2.24. The summed E-state index contributed by atoms with van der Waals surface area (Å²) < 4.78 is 27.1. The normalized spacial score (nSPS) is 17.8. The standard InChI is InChI=1S/C20H24N2O3S/c1-16-8-7-13-22(15-16)20(23)17-9-6-12-19(14-17)26(24,25)21(2)18-10-4-3-5-11-18/h3-6,9-12,14,16H,7-8,13,15H2,1-2H3. The minimum Gasteiger partial charge on any atom is -0.338 e. The van der Waals surface area contributed by atoms with Gasteiger partial charge in [0, 0.05) is 25.7 Å². The molecule has 0 spiro atoms. The van der Waals surface area contributed by atoms with Crippen LogP contribution in [0.4, 0.5) is 5.69 Å². The van der Waals surface area contributed by atoms with Gasteiger partial charge in [0.05, 0.1) is 10.6 Å². The molecule has 3 rings (SSSR count). The molecule has 1 aliphatic rings. The lowest BCUT2D eigenvalue weighted by atomic mass is 9.99. The van der Waals surface area contributed by atoms with Gasteiger partial charge in [0.25, 0.3) is 15.9 Å². The highest BCUT2D eigenvalue weighted by Gasteiger charge is 2.25. The van der Waals surface area contributed by atoms with Crippen molar-refractivity contribution in [1.82, 2.24) is 4.90 Å². The zero-order valence-corrected chi connectivity index (χ0v) is 15.9. The first-order chi connectivity index (χ1) is 12.4. The van der Waals surface area contributed by atoms with Gasteiger partial charge in [0.1, 0.15) is 0 Å². The van der Waals surface area contributed by atoms with Crippen molar-refractivity contribution < 1.29 is 13.2 Å². The van der Waals surface area contributed by atoms with Gasteiger partial charge in [-0.3, -0.25) is 9.10 Å². The van der Waals surface area contributed by atoms with E-state index in [9.17, 15) is 13.2 Å². The second-order valence-corrected chi connectivity index (χ2v) is 8.80. The van der Waals surface area contributed by atoms with Gasteiger partial charge in [-0.1, -0.05) is 31.2 Å². The summed E-state index contributed by atoms with van der Waals surface area (Å²) in [4.78, 5) is 14.7. The molecule has 1 aliphatic heterocycles. The molecule has 1 amide bonds. The van der Waals surface area contributed by atoms with Crippen molar-refractivity contribution in [2.75, 3.05) is 24.4 Å². The first-order valence-electron chi connectivity index (χ1n) is 8.83. The molecule has 1 saturated heterocycles. The summed E-state index contributed by atoms with van der Waals surface area (Å²) in [7, 11) is -2.21. The lowest BCUT2D eigenvalue weighted by molar-refractivity contribution is 0.0683. The first kappa shape index (κ1) is 18.5. The summed E-state index contributed by atoms with van der Waals surface area (Å²) in [5, 5.41) is 0. The lowest BCUT2D eigenvalue weighted by Gasteiger charge is -2.31. The van der Waals surface area contributed by atoms with Crippen molar-refractivity contribution in [2.45, 2.75) is 24.7 Å². The number of nitrogens with zero attached hydrogens (tertiary/aromatic N) is 2. The Kier molecular flexibility index (Phi) is 5.32. The fraction of sp³-hybridized carbons (Fsp3) is 0.350. The number of piperidine rings is 1. The molecular formula is C20H24N2O3S. The number of hydrogen-bond acceptors (Lipinski definition) is 3. The molecule has 1 unspecified atom stereocenters. The minimum absolute atomic E-state index is 0.101. The Balaban J connectivity index is 1.88. The van der Waals surface area contributed by atoms with E-state index in [2.05, 4.69) is 6.92 Å². The number of benzene rings is 2. The van der Waals surface area contributed by atoms with Crippen LogP contribution in [-0.4, -0.2) is 39.4 Å². The van der Waals surface area contributed by atoms with Gasteiger partial charge in [-0.25, -0.2) is 8.42 Å². The third-order valence-corrected chi connectivity index (χ3v) is 6.58. The largest absolute Gasteiger partial charge is 0.338 e. The van der Waals surface area contributed by atoms with Crippen LogP contribution in [0.1, 0.15) is 30.1 Å². The zero-order chi connectivity index (χ0) is 18.7. The first-order valence-corrected chi connectivity index (χ1v) is 10.3. The Bertz CT molecular complexity index is 881. The maximum absolute atomic E-state index is 12.9. The predicted octanol–water partition coefficient (Wildman–Crippen LogP) is 3.38. The average Bonchev–Trinajstić information content (AvgIpc) is 2.67. The molecule has 0 bridgehead atoms. The molecule has 26 heavy (non-hydrogen) atoms. The van der Waals surface area contributed by atoms with E-state index in [1.54, 1.807) is 36.4 Å². The van der Waals surface area contributed by atoms with E-state index in [0.717, 1.165) is 25.9 Å². The summed E-state index contributed by atoms with van der Waals surface area (Å²) in [6.45, 7) is 3.58. The van der Waals surface area contributed by atoms with Crippen LogP contribution in [-0.2, 0) is 10.0 Å². The Hall–Kier alpha value is -2.34. The zero-order valence-electron chi connectivity index (χ0n) is 15.1. The van der Waals surface area contributed by atoms with Crippen molar-refractivity contribution in [3.8, 4) is 0 Å². The van der Waals surface area contributed by atoms with Gasteiger partial charge in [-0.2, -0.15) is 0 Å². The minimum atomic E-state index is -3.73. The summed E-state index contributed by atoms with van der Waals surface area (Å²) in [5.74, 6) is 0.375. The van der Waals surface area contributed by atoms with Crippen LogP contribution in [0.5, 0.6) is 0 Å². The van der Waals surface area contributed by atoms with Crippen LogP contribution in [0.15, 0.2) is 59.5 Å². The second-order valence-electron chi connectivity index (χ2n) is 6.83. The number of anilines is 1. The molecule has 0 radical (unpaired) electrons. The van der Waals surface area contributed by atoms with Crippen molar-refractivity contribution in [3.05, 3.63) is 60.2 Å². The fourth-order valence-electron chi connectivity index (χ4n) is 3.28. The molecule has 138 valence electrons. The van der Waals surface area contributed by atoms with Gasteiger partial charge in [-0.15, -0.1) is 0 Å². The molecule has 0 aromatic heterocycles. The maximum atomic E-state index is 12.9. The monoisotopic (exact) mass is 372 g/mol. The Morgan fingerprint density at radius 2 is 1.85 bits per heavy atom. The molecule has 6 heteroatoms.